The number of anilines is 1. The molecule has 1 atom stereocenters. The molecule has 100 valence electrons. The fourth-order valence-electron chi connectivity index (χ4n) is 2.35. The van der Waals surface area contributed by atoms with Crippen LogP contribution in [-0.2, 0) is 11.3 Å². The summed E-state index contributed by atoms with van der Waals surface area (Å²) < 4.78 is 19.2. The number of halogens is 1. The van der Waals surface area contributed by atoms with Crippen molar-refractivity contribution < 1.29 is 9.13 Å². The minimum absolute atomic E-state index is 0.171. The van der Waals surface area contributed by atoms with Gasteiger partial charge in [0.05, 0.1) is 6.10 Å². The normalized spacial score (nSPS) is 20.8. The molecule has 3 nitrogen and oxygen atoms in total. The average molecular weight is 252 g/mol. The van der Waals surface area contributed by atoms with E-state index >= 15 is 0 Å². The minimum atomic E-state index is -0.171. The third-order valence-corrected chi connectivity index (χ3v) is 3.14. The van der Waals surface area contributed by atoms with Crippen LogP contribution in [0, 0.1) is 5.82 Å². The first kappa shape index (κ1) is 13.3. The van der Waals surface area contributed by atoms with E-state index in [1.807, 2.05) is 7.05 Å². The number of benzene rings is 1. The molecular formula is C14H21FN2O. The molecule has 0 amide bonds. The van der Waals surface area contributed by atoms with Crippen LogP contribution in [0.25, 0.3) is 0 Å². The van der Waals surface area contributed by atoms with Crippen molar-refractivity contribution in [1.29, 1.82) is 0 Å². The molecule has 0 saturated carbocycles. The van der Waals surface area contributed by atoms with E-state index in [0.717, 1.165) is 37.4 Å². The summed E-state index contributed by atoms with van der Waals surface area (Å²) in [5, 5.41) is 3.05. The molecule has 1 N–H and O–H groups in total. The van der Waals surface area contributed by atoms with E-state index in [0.29, 0.717) is 6.54 Å². The lowest BCUT2D eigenvalue weighted by Gasteiger charge is -2.25. The van der Waals surface area contributed by atoms with Gasteiger partial charge < -0.3 is 15.0 Å². The molecule has 4 heteroatoms. The molecule has 1 aromatic carbocycles. The number of hydrogen-bond acceptors (Lipinski definition) is 3. The maximum Gasteiger partial charge on any atom is 0.125 e. The highest BCUT2D eigenvalue weighted by Gasteiger charge is 2.16. The Morgan fingerprint density at radius 3 is 3.06 bits per heavy atom. The van der Waals surface area contributed by atoms with Gasteiger partial charge in [0.15, 0.2) is 0 Å². The summed E-state index contributed by atoms with van der Waals surface area (Å²) in [5.41, 5.74) is 1.93. The van der Waals surface area contributed by atoms with Crippen LogP contribution in [0.2, 0.25) is 0 Å². The van der Waals surface area contributed by atoms with Gasteiger partial charge in [0, 0.05) is 31.9 Å². The van der Waals surface area contributed by atoms with Crippen LogP contribution >= 0.6 is 0 Å². The van der Waals surface area contributed by atoms with Gasteiger partial charge in [-0.2, -0.15) is 0 Å². The van der Waals surface area contributed by atoms with Crippen molar-refractivity contribution in [2.45, 2.75) is 26.0 Å². The summed E-state index contributed by atoms with van der Waals surface area (Å²) in [6, 6.07) is 5.24. The van der Waals surface area contributed by atoms with Crippen LogP contribution in [0.4, 0.5) is 10.1 Å². The Morgan fingerprint density at radius 1 is 1.44 bits per heavy atom. The van der Waals surface area contributed by atoms with E-state index < -0.39 is 0 Å². The van der Waals surface area contributed by atoms with E-state index in [4.69, 9.17) is 4.74 Å². The van der Waals surface area contributed by atoms with Crippen LogP contribution in [0.1, 0.15) is 18.9 Å². The zero-order chi connectivity index (χ0) is 13.0. The third kappa shape index (κ3) is 3.43. The van der Waals surface area contributed by atoms with Gasteiger partial charge in [-0.05, 0) is 44.2 Å². The van der Waals surface area contributed by atoms with Crippen molar-refractivity contribution in [1.82, 2.24) is 5.32 Å². The minimum Gasteiger partial charge on any atom is -0.377 e. The van der Waals surface area contributed by atoms with Crippen LogP contribution in [0.5, 0.6) is 0 Å². The summed E-state index contributed by atoms with van der Waals surface area (Å²) in [7, 11) is 1.87. The Bertz CT molecular complexity index is 397. The number of rotatable bonds is 3. The molecule has 1 aliphatic rings. The second-order valence-corrected chi connectivity index (χ2v) is 4.83. The van der Waals surface area contributed by atoms with E-state index in [1.165, 1.54) is 0 Å². The van der Waals surface area contributed by atoms with E-state index in [-0.39, 0.29) is 11.9 Å². The van der Waals surface area contributed by atoms with Crippen LogP contribution in [-0.4, -0.2) is 32.8 Å². The highest BCUT2D eigenvalue weighted by atomic mass is 19.1. The predicted molar refractivity (Wildman–Crippen MR) is 71.4 cm³/mol. The molecule has 1 fully saturated rings. The van der Waals surface area contributed by atoms with E-state index in [9.17, 15) is 4.39 Å². The van der Waals surface area contributed by atoms with Crippen molar-refractivity contribution in [3.05, 3.63) is 29.6 Å². The lowest BCUT2D eigenvalue weighted by molar-refractivity contribution is 0.0821. The maximum absolute atomic E-state index is 13.6. The van der Waals surface area contributed by atoms with Gasteiger partial charge in [-0.3, -0.25) is 0 Å². The standard InChI is InChI=1S/C14H21FN2O/c1-11-10-17(4-3-5-18-11)14-7-12(9-16-2)6-13(15)8-14/h6-8,11,16H,3-5,9-10H2,1-2H3. The molecule has 2 rings (SSSR count). The zero-order valence-electron chi connectivity index (χ0n) is 11.1. The van der Waals surface area contributed by atoms with Crippen molar-refractivity contribution in [2.24, 2.45) is 0 Å². The van der Waals surface area contributed by atoms with Crippen LogP contribution < -0.4 is 10.2 Å². The molecule has 1 aliphatic heterocycles. The Morgan fingerprint density at radius 2 is 2.28 bits per heavy atom. The van der Waals surface area contributed by atoms with Crippen molar-refractivity contribution in [3.8, 4) is 0 Å². The van der Waals surface area contributed by atoms with Crippen LogP contribution in [0.3, 0.4) is 0 Å². The van der Waals surface area contributed by atoms with Gasteiger partial charge in [-0.25, -0.2) is 4.39 Å². The number of ether oxygens (including phenoxy) is 1. The van der Waals surface area contributed by atoms with Crippen molar-refractivity contribution in [3.63, 3.8) is 0 Å². The molecule has 1 aromatic rings. The lowest BCUT2D eigenvalue weighted by atomic mass is 10.1. The monoisotopic (exact) mass is 252 g/mol. The molecule has 18 heavy (non-hydrogen) atoms. The lowest BCUT2D eigenvalue weighted by Crippen LogP contribution is -2.30. The Balaban J connectivity index is 2.19. The van der Waals surface area contributed by atoms with Gasteiger partial charge >= 0.3 is 0 Å². The summed E-state index contributed by atoms with van der Waals surface area (Å²) >= 11 is 0. The van der Waals surface area contributed by atoms with Crippen LogP contribution in [0.15, 0.2) is 18.2 Å². The van der Waals surface area contributed by atoms with Gasteiger partial charge in [0.25, 0.3) is 0 Å². The third-order valence-electron chi connectivity index (χ3n) is 3.14. The topological polar surface area (TPSA) is 24.5 Å². The van der Waals surface area contributed by atoms with Gasteiger partial charge in [-0.15, -0.1) is 0 Å². The molecule has 0 aromatic heterocycles. The first-order valence-electron chi connectivity index (χ1n) is 6.49. The molecule has 0 spiro atoms. The maximum atomic E-state index is 13.6. The fourth-order valence-corrected chi connectivity index (χ4v) is 2.35. The fraction of sp³-hybridized carbons (Fsp3) is 0.571. The zero-order valence-corrected chi connectivity index (χ0v) is 11.1. The number of nitrogens with zero attached hydrogens (tertiary/aromatic N) is 1. The first-order valence-corrected chi connectivity index (χ1v) is 6.49. The Labute approximate surface area is 108 Å². The van der Waals surface area contributed by atoms with Gasteiger partial charge in [0.2, 0.25) is 0 Å². The highest BCUT2D eigenvalue weighted by Crippen LogP contribution is 2.21. The summed E-state index contributed by atoms with van der Waals surface area (Å²) in [6.07, 6.45) is 1.19. The number of hydrogen-bond donors (Lipinski definition) is 1. The van der Waals surface area contributed by atoms with E-state index in [1.54, 1.807) is 12.1 Å². The molecule has 0 radical (unpaired) electrons. The molecule has 1 saturated heterocycles. The van der Waals surface area contributed by atoms with Crippen molar-refractivity contribution in [2.75, 3.05) is 31.6 Å². The van der Waals surface area contributed by atoms with E-state index in [2.05, 4.69) is 23.2 Å². The quantitative estimate of drug-likeness (QED) is 0.892. The molecule has 1 unspecified atom stereocenters. The second-order valence-electron chi connectivity index (χ2n) is 4.83. The van der Waals surface area contributed by atoms with Gasteiger partial charge in [0.1, 0.15) is 5.82 Å². The predicted octanol–water partition coefficient (Wildman–Crippen LogP) is 2.16. The average Bonchev–Trinajstić information content (AvgIpc) is 2.53. The summed E-state index contributed by atoms with van der Waals surface area (Å²) in [6.45, 7) is 5.28. The SMILES string of the molecule is CNCc1cc(F)cc(N2CCCOC(C)C2)c1. The van der Waals surface area contributed by atoms with Gasteiger partial charge in [-0.1, -0.05) is 0 Å². The Hall–Kier alpha value is -1.13. The second kappa shape index (κ2) is 6.16. The number of nitrogens with one attached hydrogen (secondary N) is 1. The molecule has 0 bridgehead atoms. The van der Waals surface area contributed by atoms with Crippen molar-refractivity contribution >= 4 is 5.69 Å². The summed E-state index contributed by atoms with van der Waals surface area (Å²) in [5.74, 6) is -0.171. The first-order chi connectivity index (χ1) is 8.69. The Kier molecular flexibility index (Phi) is 4.55. The molecule has 1 heterocycles. The molecule has 0 aliphatic carbocycles. The largest absolute Gasteiger partial charge is 0.377 e. The highest BCUT2D eigenvalue weighted by molar-refractivity contribution is 5.49. The summed E-state index contributed by atoms with van der Waals surface area (Å²) in [4.78, 5) is 2.21. The molecular weight excluding hydrogens is 231 g/mol. The smallest absolute Gasteiger partial charge is 0.125 e.